The topological polar surface area (TPSA) is 59.9 Å². The summed E-state index contributed by atoms with van der Waals surface area (Å²) in [6, 6.07) is 15.2. The second kappa shape index (κ2) is 7.28. The summed E-state index contributed by atoms with van der Waals surface area (Å²) < 4.78 is 0. The predicted molar refractivity (Wildman–Crippen MR) is 104 cm³/mol. The number of amides is 1. The van der Waals surface area contributed by atoms with Gasteiger partial charge in [-0.15, -0.1) is 6.58 Å². The molecule has 0 aliphatic heterocycles. The van der Waals surface area contributed by atoms with Crippen LogP contribution in [-0.2, 0) is 6.54 Å². The quantitative estimate of drug-likeness (QED) is 0.694. The third kappa shape index (κ3) is 3.38. The van der Waals surface area contributed by atoms with Crippen LogP contribution in [-0.4, -0.2) is 22.3 Å². The molecule has 0 saturated heterocycles. The van der Waals surface area contributed by atoms with Crippen LogP contribution in [0.1, 0.15) is 32.7 Å². The molecule has 0 radical (unpaired) electrons. The number of hydrogen-bond donors (Lipinski definition) is 1. The zero-order chi connectivity index (χ0) is 18.7. The number of hydrogen-bond acceptors (Lipinski definition) is 2. The number of aryl methyl sites for hydroxylation is 2. The molecule has 0 saturated carbocycles. The van der Waals surface area contributed by atoms with Crippen molar-refractivity contribution in [1.29, 1.82) is 5.26 Å². The zero-order valence-corrected chi connectivity index (χ0v) is 15.0. The van der Waals surface area contributed by atoms with Gasteiger partial charge in [-0.1, -0.05) is 18.2 Å². The minimum absolute atomic E-state index is 0.0330. The summed E-state index contributed by atoms with van der Waals surface area (Å²) in [5.74, 6) is -0.0330. The smallest absolute Gasteiger partial charge is 0.254 e. The van der Waals surface area contributed by atoms with Gasteiger partial charge in [0.1, 0.15) is 0 Å². The number of nitrogens with one attached hydrogen (secondary N) is 1. The van der Waals surface area contributed by atoms with Crippen molar-refractivity contribution in [2.45, 2.75) is 20.4 Å². The van der Waals surface area contributed by atoms with E-state index in [1.807, 2.05) is 37.3 Å². The third-order valence-corrected chi connectivity index (χ3v) is 4.65. The van der Waals surface area contributed by atoms with Gasteiger partial charge >= 0.3 is 0 Å². The van der Waals surface area contributed by atoms with Crippen LogP contribution < -0.4 is 0 Å². The van der Waals surface area contributed by atoms with Crippen LogP contribution in [0.25, 0.3) is 10.9 Å². The lowest BCUT2D eigenvalue weighted by molar-refractivity contribution is 0.0763. The summed E-state index contributed by atoms with van der Waals surface area (Å²) in [6.07, 6.45) is 1.73. The largest absolute Gasteiger partial charge is 0.358 e. The Morgan fingerprint density at radius 3 is 2.62 bits per heavy atom. The van der Waals surface area contributed by atoms with Gasteiger partial charge in [0.05, 0.1) is 11.6 Å². The lowest BCUT2D eigenvalue weighted by Gasteiger charge is -2.21. The number of benzene rings is 2. The standard InChI is InChI=1S/C22H21N3O/c1-4-11-25(14-18-7-5-17(13-23)6-8-18)22(26)19-9-10-21-20(12-19)15(2)16(3)24-21/h4-10,12,24H,1,11,14H2,2-3H3. The van der Waals surface area contributed by atoms with Gasteiger partial charge < -0.3 is 9.88 Å². The van der Waals surface area contributed by atoms with Gasteiger partial charge in [-0.05, 0) is 55.3 Å². The third-order valence-electron chi connectivity index (χ3n) is 4.65. The fourth-order valence-corrected chi connectivity index (χ4v) is 3.06. The summed E-state index contributed by atoms with van der Waals surface area (Å²) in [5.41, 5.74) is 5.57. The van der Waals surface area contributed by atoms with Crippen LogP contribution in [0.15, 0.2) is 55.1 Å². The second-order valence-electron chi connectivity index (χ2n) is 6.42. The number of carbonyl (C=O) groups excluding carboxylic acids is 1. The van der Waals surface area contributed by atoms with E-state index in [9.17, 15) is 4.79 Å². The van der Waals surface area contributed by atoms with E-state index in [1.165, 1.54) is 0 Å². The van der Waals surface area contributed by atoms with E-state index < -0.39 is 0 Å². The maximum Gasteiger partial charge on any atom is 0.254 e. The van der Waals surface area contributed by atoms with Crippen LogP contribution >= 0.6 is 0 Å². The van der Waals surface area contributed by atoms with Crippen LogP contribution in [0.5, 0.6) is 0 Å². The molecule has 0 aliphatic carbocycles. The highest BCUT2D eigenvalue weighted by atomic mass is 16.2. The molecule has 0 spiro atoms. The van der Waals surface area contributed by atoms with Crippen molar-refractivity contribution >= 4 is 16.8 Å². The molecule has 4 nitrogen and oxygen atoms in total. The summed E-state index contributed by atoms with van der Waals surface area (Å²) in [4.78, 5) is 18.1. The minimum atomic E-state index is -0.0330. The Balaban J connectivity index is 1.89. The van der Waals surface area contributed by atoms with Crippen molar-refractivity contribution in [3.05, 3.63) is 83.1 Å². The van der Waals surface area contributed by atoms with Crippen molar-refractivity contribution in [2.75, 3.05) is 6.54 Å². The van der Waals surface area contributed by atoms with Crippen molar-refractivity contribution in [2.24, 2.45) is 0 Å². The molecular formula is C22H21N3O. The molecule has 2 aromatic carbocycles. The Labute approximate surface area is 153 Å². The number of nitrogens with zero attached hydrogens (tertiary/aromatic N) is 2. The van der Waals surface area contributed by atoms with Gasteiger partial charge in [-0.25, -0.2) is 0 Å². The van der Waals surface area contributed by atoms with E-state index >= 15 is 0 Å². The van der Waals surface area contributed by atoms with Crippen molar-refractivity contribution < 1.29 is 4.79 Å². The molecule has 26 heavy (non-hydrogen) atoms. The van der Waals surface area contributed by atoms with Crippen LogP contribution in [0.4, 0.5) is 0 Å². The molecule has 0 aliphatic rings. The number of aromatic nitrogens is 1. The van der Waals surface area contributed by atoms with Gasteiger partial charge in [0.2, 0.25) is 0 Å². The number of aromatic amines is 1. The number of fused-ring (bicyclic) bond motifs is 1. The predicted octanol–water partition coefficient (Wildman–Crippen LogP) is 4.48. The lowest BCUT2D eigenvalue weighted by Crippen LogP contribution is -2.30. The Bertz CT molecular complexity index is 1010. The highest BCUT2D eigenvalue weighted by Crippen LogP contribution is 2.23. The molecule has 0 atom stereocenters. The van der Waals surface area contributed by atoms with Crippen molar-refractivity contribution in [1.82, 2.24) is 9.88 Å². The van der Waals surface area contributed by atoms with E-state index in [4.69, 9.17) is 5.26 Å². The summed E-state index contributed by atoms with van der Waals surface area (Å²) in [6.45, 7) is 8.79. The van der Waals surface area contributed by atoms with Crippen molar-refractivity contribution in [3.63, 3.8) is 0 Å². The molecule has 1 N–H and O–H groups in total. The molecule has 3 rings (SSSR count). The molecule has 3 aromatic rings. The van der Waals surface area contributed by atoms with Crippen molar-refractivity contribution in [3.8, 4) is 6.07 Å². The number of nitriles is 1. The normalized spacial score (nSPS) is 10.5. The van der Waals surface area contributed by atoms with Gasteiger partial charge in [0.25, 0.3) is 5.91 Å². The minimum Gasteiger partial charge on any atom is -0.358 e. The average Bonchev–Trinajstić information content (AvgIpc) is 2.95. The first-order chi connectivity index (χ1) is 12.5. The van der Waals surface area contributed by atoms with E-state index in [2.05, 4.69) is 24.6 Å². The maximum absolute atomic E-state index is 13.0. The van der Waals surface area contributed by atoms with Crippen LogP contribution in [0, 0.1) is 25.2 Å². The molecule has 1 aromatic heterocycles. The van der Waals surface area contributed by atoms with Gasteiger partial charge in [-0.2, -0.15) is 5.26 Å². The fourth-order valence-electron chi connectivity index (χ4n) is 3.06. The Hall–Kier alpha value is -3.32. The Morgan fingerprint density at radius 1 is 1.23 bits per heavy atom. The number of carbonyl (C=O) groups is 1. The molecule has 130 valence electrons. The van der Waals surface area contributed by atoms with Gasteiger partial charge in [-0.3, -0.25) is 4.79 Å². The first-order valence-corrected chi connectivity index (χ1v) is 8.51. The molecule has 0 unspecified atom stereocenters. The van der Waals surface area contributed by atoms with E-state index in [-0.39, 0.29) is 5.91 Å². The fraction of sp³-hybridized carbons (Fsp3) is 0.182. The first kappa shape index (κ1) is 17.5. The monoisotopic (exact) mass is 343 g/mol. The Kier molecular flexibility index (Phi) is 4.90. The number of rotatable bonds is 5. The number of H-pyrrole nitrogens is 1. The second-order valence-corrected chi connectivity index (χ2v) is 6.42. The molecule has 4 heteroatoms. The maximum atomic E-state index is 13.0. The van der Waals surface area contributed by atoms with E-state index in [1.54, 1.807) is 23.1 Å². The summed E-state index contributed by atoms with van der Waals surface area (Å²) in [7, 11) is 0. The van der Waals surface area contributed by atoms with Gasteiger partial charge in [0, 0.05) is 35.2 Å². The van der Waals surface area contributed by atoms with Crippen LogP contribution in [0.3, 0.4) is 0 Å². The lowest BCUT2D eigenvalue weighted by atomic mass is 10.1. The molecule has 1 heterocycles. The van der Waals surface area contributed by atoms with Gasteiger partial charge in [0.15, 0.2) is 0 Å². The summed E-state index contributed by atoms with van der Waals surface area (Å²) in [5, 5.41) is 9.99. The highest BCUT2D eigenvalue weighted by Gasteiger charge is 2.16. The SMILES string of the molecule is C=CCN(Cc1ccc(C#N)cc1)C(=O)c1ccc2[nH]c(C)c(C)c2c1. The summed E-state index contributed by atoms with van der Waals surface area (Å²) >= 11 is 0. The van der Waals surface area contributed by atoms with Crippen LogP contribution in [0.2, 0.25) is 0 Å². The molecule has 0 fully saturated rings. The first-order valence-electron chi connectivity index (χ1n) is 8.51. The van der Waals surface area contributed by atoms with E-state index in [0.717, 1.165) is 27.7 Å². The highest BCUT2D eigenvalue weighted by molar-refractivity contribution is 5.99. The molecular weight excluding hydrogens is 322 g/mol. The van der Waals surface area contributed by atoms with E-state index in [0.29, 0.717) is 24.2 Å². The molecule has 1 amide bonds. The zero-order valence-electron chi connectivity index (χ0n) is 15.0. The Morgan fingerprint density at radius 2 is 1.96 bits per heavy atom. The average molecular weight is 343 g/mol. The molecule has 0 bridgehead atoms.